The van der Waals surface area contributed by atoms with Crippen LogP contribution in [-0.4, -0.2) is 37.0 Å². The van der Waals surface area contributed by atoms with Crippen LogP contribution in [-0.2, 0) is 9.53 Å². The normalized spacial score (nSPS) is 11.4. The average molecular weight is 479 g/mol. The Kier molecular flexibility index (Phi) is 6.55. The number of esters is 1. The summed E-state index contributed by atoms with van der Waals surface area (Å²) in [7, 11) is 0. The minimum Gasteiger partial charge on any atom is -0.444 e. The number of aromatic nitrogens is 4. The van der Waals surface area contributed by atoms with Crippen LogP contribution in [0.4, 0.5) is 11.4 Å². The summed E-state index contributed by atoms with van der Waals surface area (Å²) in [6.45, 7) is 0. The Morgan fingerprint density at radius 2 is 1.79 bits per heavy atom. The van der Waals surface area contributed by atoms with Gasteiger partial charge in [0.25, 0.3) is 11.6 Å². The molecule has 1 amide bonds. The maximum Gasteiger partial charge on any atom is 0.339 e. The highest BCUT2D eigenvalue weighted by atomic mass is 35.5. The number of hydrogen-bond acceptors (Lipinski definition) is 8. The van der Waals surface area contributed by atoms with Crippen LogP contribution >= 0.6 is 11.6 Å². The highest BCUT2D eigenvalue weighted by molar-refractivity contribution is 6.32. The number of nitro benzene ring substituents is 1. The van der Waals surface area contributed by atoms with Crippen LogP contribution in [0.5, 0.6) is 0 Å². The van der Waals surface area contributed by atoms with Gasteiger partial charge in [-0.2, -0.15) is 0 Å². The van der Waals surface area contributed by atoms with Crippen molar-refractivity contribution < 1.29 is 19.2 Å². The van der Waals surface area contributed by atoms with Gasteiger partial charge in [-0.3, -0.25) is 14.9 Å². The van der Waals surface area contributed by atoms with Crippen molar-refractivity contribution in [3.05, 3.63) is 105 Å². The van der Waals surface area contributed by atoms with Gasteiger partial charge in [-0.25, -0.2) is 9.48 Å². The topological polar surface area (TPSA) is 142 Å². The Labute approximate surface area is 197 Å². The molecule has 1 heterocycles. The quantitative estimate of drug-likeness (QED) is 0.240. The van der Waals surface area contributed by atoms with E-state index >= 15 is 0 Å². The maximum atomic E-state index is 13.0. The molecule has 3 aromatic carbocycles. The number of benzene rings is 3. The van der Waals surface area contributed by atoms with Crippen LogP contribution in [0.3, 0.4) is 0 Å². The first-order valence-electron chi connectivity index (χ1n) is 9.76. The molecule has 0 aliphatic carbocycles. The predicted octanol–water partition coefficient (Wildman–Crippen LogP) is 3.76. The lowest BCUT2D eigenvalue weighted by Crippen LogP contribution is -2.26. The monoisotopic (exact) mass is 478 g/mol. The van der Waals surface area contributed by atoms with E-state index in [0.29, 0.717) is 11.3 Å². The summed E-state index contributed by atoms with van der Waals surface area (Å²) >= 11 is 5.83. The van der Waals surface area contributed by atoms with E-state index in [1.165, 1.54) is 35.3 Å². The van der Waals surface area contributed by atoms with E-state index in [1.807, 2.05) is 0 Å². The second kappa shape index (κ2) is 9.88. The molecule has 1 atom stereocenters. The van der Waals surface area contributed by atoms with Crippen LogP contribution in [0.25, 0.3) is 5.69 Å². The van der Waals surface area contributed by atoms with E-state index in [-0.39, 0.29) is 22.0 Å². The lowest BCUT2D eigenvalue weighted by atomic mass is 10.1. The van der Waals surface area contributed by atoms with Gasteiger partial charge < -0.3 is 10.1 Å². The van der Waals surface area contributed by atoms with Crippen LogP contribution in [0.2, 0.25) is 5.02 Å². The third-order valence-corrected chi connectivity index (χ3v) is 5.01. The van der Waals surface area contributed by atoms with Gasteiger partial charge in [-0.15, -0.1) is 5.10 Å². The Bertz CT molecular complexity index is 1330. The van der Waals surface area contributed by atoms with E-state index in [9.17, 15) is 19.7 Å². The fraction of sp³-hybridized carbons (Fsp3) is 0.0455. The summed E-state index contributed by atoms with van der Waals surface area (Å²) in [6.07, 6.45) is 0.0899. The zero-order chi connectivity index (χ0) is 24.1. The zero-order valence-corrected chi connectivity index (χ0v) is 18.0. The smallest absolute Gasteiger partial charge is 0.339 e. The summed E-state index contributed by atoms with van der Waals surface area (Å²) < 4.78 is 6.95. The molecule has 0 fully saturated rings. The second-order valence-electron chi connectivity index (χ2n) is 6.91. The van der Waals surface area contributed by atoms with Gasteiger partial charge in [0.15, 0.2) is 0 Å². The minimum absolute atomic E-state index is 0.0702. The summed E-state index contributed by atoms with van der Waals surface area (Å²) in [6, 6.07) is 18.5. The standard InChI is InChI=1S/C22H15ClN6O5/c23-18-11-8-16(12-19(18)29(32)33)25-21(30)20(14-4-2-1-3-5-14)34-22(31)15-6-9-17(10-7-15)28-13-24-26-27-28/h1-13,20H,(H,25,30). The molecule has 4 aromatic rings. The van der Waals surface area contributed by atoms with Gasteiger partial charge in [-0.1, -0.05) is 41.9 Å². The second-order valence-corrected chi connectivity index (χ2v) is 7.32. The van der Waals surface area contributed by atoms with Crippen LogP contribution in [0.15, 0.2) is 79.1 Å². The first kappa shape index (κ1) is 22.6. The summed E-state index contributed by atoms with van der Waals surface area (Å²) in [4.78, 5) is 36.3. The fourth-order valence-corrected chi connectivity index (χ4v) is 3.23. The molecule has 12 heteroatoms. The summed E-state index contributed by atoms with van der Waals surface area (Å²) in [5, 5.41) is 24.5. The molecule has 34 heavy (non-hydrogen) atoms. The first-order chi connectivity index (χ1) is 16.4. The van der Waals surface area contributed by atoms with Gasteiger partial charge in [0, 0.05) is 17.3 Å². The predicted molar refractivity (Wildman–Crippen MR) is 120 cm³/mol. The number of nitro groups is 1. The largest absolute Gasteiger partial charge is 0.444 e. The van der Waals surface area contributed by atoms with Crippen molar-refractivity contribution in [1.82, 2.24) is 20.2 Å². The van der Waals surface area contributed by atoms with Gasteiger partial charge >= 0.3 is 5.97 Å². The minimum atomic E-state index is -1.32. The SMILES string of the molecule is O=C(OC(C(=O)Nc1ccc(Cl)c([N+](=O)[O-])c1)c1ccccc1)c1ccc(-n2cnnn2)cc1. The average Bonchev–Trinajstić information content (AvgIpc) is 3.39. The summed E-state index contributed by atoms with van der Waals surface area (Å²) in [5.74, 6) is -1.43. The lowest BCUT2D eigenvalue weighted by molar-refractivity contribution is -0.384. The van der Waals surface area contributed by atoms with Crippen molar-refractivity contribution in [1.29, 1.82) is 0 Å². The van der Waals surface area contributed by atoms with Crippen molar-refractivity contribution in [3.8, 4) is 5.69 Å². The van der Waals surface area contributed by atoms with E-state index < -0.39 is 22.9 Å². The first-order valence-corrected chi connectivity index (χ1v) is 10.1. The van der Waals surface area contributed by atoms with E-state index in [4.69, 9.17) is 16.3 Å². The molecule has 4 rings (SSSR count). The molecule has 0 aliphatic heterocycles. The van der Waals surface area contributed by atoms with Gasteiger partial charge in [0.2, 0.25) is 6.10 Å². The molecule has 0 radical (unpaired) electrons. The van der Waals surface area contributed by atoms with Gasteiger partial charge in [0.1, 0.15) is 11.3 Å². The Morgan fingerprint density at radius 3 is 2.44 bits per heavy atom. The third kappa shape index (κ3) is 5.05. The number of hydrogen-bond donors (Lipinski definition) is 1. The highest BCUT2D eigenvalue weighted by Crippen LogP contribution is 2.29. The van der Waals surface area contributed by atoms with Crippen LogP contribution in [0, 0.1) is 10.1 Å². The molecular formula is C22H15ClN6O5. The molecule has 1 aromatic heterocycles. The van der Waals surface area contributed by atoms with Gasteiger partial charge in [0.05, 0.1) is 16.2 Å². The molecule has 1 unspecified atom stereocenters. The number of carbonyl (C=O) groups is 2. The lowest BCUT2D eigenvalue weighted by Gasteiger charge is -2.18. The number of amides is 1. The van der Waals surface area contributed by atoms with Crippen LogP contribution < -0.4 is 5.32 Å². The van der Waals surface area contributed by atoms with Crippen molar-refractivity contribution in [2.75, 3.05) is 5.32 Å². The molecule has 0 saturated carbocycles. The summed E-state index contributed by atoms with van der Waals surface area (Å²) in [5.41, 5.74) is 1.01. The number of halogens is 1. The van der Waals surface area contributed by atoms with E-state index in [1.54, 1.807) is 42.5 Å². The molecule has 170 valence electrons. The van der Waals surface area contributed by atoms with E-state index in [0.717, 1.165) is 6.07 Å². The number of nitrogens with one attached hydrogen (secondary N) is 1. The van der Waals surface area contributed by atoms with Crippen molar-refractivity contribution >= 4 is 34.9 Å². The number of rotatable bonds is 7. The number of anilines is 1. The van der Waals surface area contributed by atoms with Crippen molar-refractivity contribution in [3.63, 3.8) is 0 Å². The number of nitrogens with zero attached hydrogens (tertiary/aromatic N) is 5. The van der Waals surface area contributed by atoms with Crippen LogP contribution in [0.1, 0.15) is 22.0 Å². The van der Waals surface area contributed by atoms with E-state index in [2.05, 4.69) is 20.8 Å². The van der Waals surface area contributed by atoms with Crippen molar-refractivity contribution in [2.24, 2.45) is 0 Å². The van der Waals surface area contributed by atoms with Crippen molar-refractivity contribution in [2.45, 2.75) is 6.10 Å². The Hall–Kier alpha value is -4.64. The zero-order valence-electron chi connectivity index (χ0n) is 17.2. The molecule has 1 N–H and O–H groups in total. The Morgan fingerprint density at radius 1 is 1.06 bits per heavy atom. The molecule has 0 saturated heterocycles. The number of tetrazole rings is 1. The highest BCUT2D eigenvalue weighted by Gasteiger charge is 2.26. The third-order valence-electron chi connectivity index (χ3n) is 4.69. The molecule has 0 aliphatic rings. The molecular weight excluding hydrogens is 464 g/mol. The fourth-order valence-electron chi connectivity index (χ4n) is 3.04. The molecule has 0 spiro atoms. The molecule has 0 bridgehead atoms. The Balaban J connectivity index is 1.56. The number of ether oxygens (including phenoxy) is 1. The number of carbonyl (C=O) groups excluding carboxylic acids is 2. The molecule has 11 nitrogen and oxygen atoms in total. The van der Waals surface area contributed by atoms with Gasteiger partial charge in [-0.05, 0) is 46.8 Å². The maximum absolute atomic E-state index is 13.0.